The molecule has 2 aromatic rings. The number of anilines is 2. The van der Waals surface area contributed by atoms with Crippen LogP contribution in [0.25, 0.3) is 0 Å². The Hall–Kier alpha value is -2.54. The van der Waals surface area contributed by atoms with E-state index in [0.29, 0.717) is 17.1 Å². The molecule has 0 bridgehead atoms. The summed E-state index contributed by atoms with van der Waals surface area (Å²) >= 11 is 0. The molecular weight excluding hydrogens is 352 g/mol. The molecule has 0 aliphatic rings. The van der Waals surface area contributed by atoms with Crippen molar-refractivity contribution in [2.24, 2.45) is 0 Å². The third-order valence-electron chi connectivity index (χ3n) is 3.52. The van der Waals surface area contributed by atoms with Crippen molar-refractivity contribution in [1.29, 1.82) is 0 Å². The fourth-order valence-corrected chi connectivity index (χ4v) is 3.19. The van der Waals surface area contributed by atoms with Gasteiger partial charge in [-0.3, -0.25) is 9.10 Å². The lowest BCUT2D eigenvalue weighted by molar-refractivity contribution is -0.114. The van der Waals surface area contributed by atoms with Gasteiger partial charge in [0, 0.05) is 5.69 Å². The highest BCUT2D eigenvalue weighted by Gasteiger charge is 2.20. The van der Waals surface area contributed by atoms with E-state index in [9.17, 15) is 13.2 Å². The molecule has 140 valence electrons. The SMILES string of the molecule is Cc1ccc(N(CC(=O)Nc2ccc(OC(C)C)cc2)S(C)(=O)=O)cc1. The van der Waals surface area contributed by atoms with Crippen LogP contribution in [-0.2, 0) is 14.8 Å². The molecule has 26 heavy (non-hydrogen) atoms. The fourth-order valence-electron chi connectivity index (χ4n) is 2.33. The maximum absolute atomic E-state index is 12.3. The number of rotatable bonds is 7. The Morgan fingerprint density at radius 2 is 1.65 bits per heavy atom. The number of carbonyl (C=O) groups excluding carboxylic acids is 1. The van der Waals surface area contributed by atoms with Gasteiger partial charge in [0.05, 0.1) is 18.0 Å². The third kappa shape index (κ3) is 5.77. The van der Waals surface area contributed by atoms with Gasteiger partial charge in [0.25, 0.3) is 0 Å². The number of hydrogen-bond acceptors (Lipinski definition) is 4. The Morgan fingerprint density at radius 1 is 1.08 bits per heavy atom. The van der Waals surface area contributed by atoms with Gasteiger partial charge in [-0.1, -0.05) is 17.7 Å². The maximum Gasteiger partial charge on any atom is 0.245 e. The monoisotopic (exact) mass is 376 g/mol. The zero-order valence-electron chi connectivity index (χ0n) is 15.4. The largest absolute Gasteiger partial charge is 0.491 e. The van der Waals surface area contributed by atoms with Crippen LogP contribution in [0.5, 0.6) is 5.75 Å². The second-order valence-corrected chi connectivity index (χ2v) is 8.25. The van der Waals surface area contributed by atoms with E-state index in [2.05, 4.69) is 5.32 Å². The molecular formula is C19H24N2O4S. The standard InChI is InChI=1S/C19H24N2O4S/c1-14(2)25-18-11-7-16(8-12-18)20-19(22)13-21(26(4,23)24)17-9-5-15(3)6-10-17/h5-12,14H,13H2,1-4H3,(H,20,22). The summed E-state index contributed by atoms with van der Waals surface area (Å²) in [7, 11) is -3.59. The predicted molar refractivity (Wildman–Crippen MR) is 104 cm³/mol. The zero-order valence-corrected chi connectivity index (χ0v) is 16.2. The minimum atomic E-state index is -3.59. The van der Waals surface area contributed by atoms with Crippen molar-refractivity contribution >= 4 is 27.3 Å². The average molecular weight is 376 g/mol. The maximum atomic E-state index is 12.3. The summed E-state index contributed by atoms with van der Waals surface area (Å²) in [5.41, 5.74) is 2.03. The molecule has 0 aromatic heterocycles. The van der Waals surface area contributed by atoms with Crippen molar-refractivity contribution < 1.29 is 17.9 Å². The van der Waals surface area contributed by atoms with Crippen LogP contribution in [0.2, 0.25) is 0 Å². The molecule has 1 amide bonds. The van der Waals surface area contributed by atoms with E-state index in [1.807, 2.05) is 20.8 Å². The predicted octanol–water partition coefficient (Wildman–Crippen LogP) is 3.19. The molecule has 6 nitrogen and oxygen atoms in total. The summed E-state index contributed by atoms with van der Waals surface area (Å²) < 4.78 is 30.8. The molecule has 2 aromatic carbocycles. The molecule has 0 spiro atoms. The zero-order chi connectivity index (χ0) is 19.3. The normalized spacial score (nSPS) is 11.3. The summed E-state index contributed by atoms with van der Waals surface area (Å²) in [6, 6.07) is 13.9. The summed E-state index contributed by atoms with van der Waals surface area (Å²) in [6.07, 6.45) is 1.14. The van der Waals surface area contributed by atoms with E-state index in [1.54, 1.807) is 48.5 Å². The summed E-state index contributed by atoms with van der Waals surface area (Å²) in [5, 5.41) is 2.71. The van der Waals surface area contributed by atoms with Crippen LogP contribution in [0.3, 0.4) is 0 Å². The second kappa shape index (κ2) is 8.23. The number of sulfonamides is 1. The Labute approximate surface area is 154 Å². The minimum Gasteiger partial charge on any atom is -0.491 e. The van der Waals surface area contributed by atoms with Crippen LogP contribution in [0.4, 0.5) is 11.4 Å². The van der Waals surface area contributed by atoms with Gasteiger partial charge in [-0.15, -0.1) is 0 Å². The second-order valence-electron chi connectivity index (χ2n) is 6.34. The van der Waals surface area contributed by atoms with E-state index in [4.69, 9.17) is 4.74 Å². The van der Waals surface area contributed by atoms with Gasteiger partial charge in [0.15, 0.2) is 0 Å². The molecule has 0 saturated carbocycles. The van der Waals surface area contributed by atoms with Gasteiger partial charge in [0.2, 0.25) is 15.9 Å². The first-order valence-corrected chi connectivity index (χ1v) is 10.1. The lowest BCUT2D eigenvalue weighted by Gasteiger charge is -2.22. The van der Waals surface area contributed by atoms with Crippen molar-refractivity contribution in [3.63, 3.8) is 0 Å². The molecule has 2 rings (SSSR count). The van der Waals surface area contributed by atoms with Gasteiger partial charge >= 0.3 is 0 Å². The summed E-state index contributed by atoms with van der Waals surface area (Å²) in [6.45, 7) is 5.47. The molecule has 0 atom stereocenters. The minimum absolute atomic E-state index is 0.0632. The van der Waals surface area contributed by atoms with Crippen LogP contribution in [0.15, 0.2) is 48.5 Å². The Bertz CT molecular complexity index is 844. The van der Waals surface area contributed by atoms with Crippen LogP contribution < -0.4 is 14.4 Å². The van der Waals surface area contributed by atoms with Crippen LogP contribution in [0.1, 0.15) is 19.4 Å². The number of amides is 1. The highest BCUT2D eigenvalue weighted by molar-refractivity contribution is 7.92. The first kappa shape index (κ1) is 19.8. The third-order valence-corrected chi connectivity index (χ3v) is 4.66. The van der Waals surface area contributed by atoms with Gasteiger partial charge in [0.1, 0.15) is 12.3 Å². The summed E-state index contributed by atoms with van der Waals surface area (Å²) in [5.74, 6) is 0.281. The van der Waals surface area contributed by atoms with E-state index >= 15 is 0 Å². The van der Waals surface area contributed by atoms with Crippen molar-refractivity contribution in [1.82, 2.24) is 0 Å². The molecule has 1 N–H and O–H groups in total. The van der Waals surface area contributed by atoms with E-state index < -0.39 is 15.9 Å². The lowest BCUT2D eigenvalue weighted by atomic mass is 10.2. The highest BCUT2D eigenvalue weighted by Crippen LogP contribution is 2.19. The van der Waals surface area contributed by atoms with E-state index in [-0.39, 0.29) is 12.6 Å². The summed E-state index contributed by atoms with van der Waals surface area (Å²) in [4.78, 5) is 12.3. The average Bonchev–Trinajstić information content (AvgIpc) is 2.54. The van der Waals surface area contributed by atoms with Crippen molar-refractivity contribution in [3.05, 3.63) is 54.1 Å². The molecule has 0 radical (unpaired) electrons. The number of ether oxygens (including phenoxy) is 1. The number of benzene rings is 2. The Kier molecular flexibility index (Phi) is 6.26. The van der Waals surface area contributed by atoms with Gasteiger partial charge < -0.3 is 10.1 Å². The molecule has 0 aliphatic carbocycles. The Morgan fingerprint density at radius 3 is 2.15 bits per heavy atom. The number of aryl methyl sites for hydroxylation is 1. The Balaban J connectivity index is 2.09. The molecule has 0 fully saturated rings. The number of carbonyl (C=O) groups is 1. The quantitative estimate of drug-likeness (QED) is 0.805. The first-order valence-electron chi connectivity index (χ1n) is 8.26. The molecule has 0 heterocycles. The molecule has 7 heteroatoms. The number of hydrogen-bond donors (Lipinski definition) is 1. The van der Waals surface area contributed by atoms with Crippen LogP contribution in [0, 0.1) is 6.92 Å². The first-order chi connectivity index (χ1) is 12.1. The van der Waals surface area contributed by atoms with E-state index in [1.165, 1.54) is 0 Å². The fraction of sp³-hybridized carbons (Fsp3) is 0.316. The number of nitrogens with zero attached hydrogens (tertiary/aromatic N) is 1. The molecule has 0 aliphatic heterocycles. The van der Waals surface area contributed by atoms with Gasteiger partial charge in [-0.2, -0.15) is 0 Å². The van der Waals surface area contributed by atoms with Crippen molar-refractivity contribution in [3.8, 4) is 5.75 Å². The van der Waals surface area contributed by atoms with Crippen LogP contribution in [-0.4, -0.2) is 33.2 Å². The van der Waals surface area contributed by atoms with Crippen molar-refractivity contribution in [2.75, 3.05) is 22.4 Å². The van der Waals surface area contributed by atoms with Gasteiger partial charge in [-0.25, -0.2) is 8.42 Å². The highest BCUT2D eigenvalue weighted by atomic mass is 32.2. The van der Waals surface area contributed by atoms with Gasteiger partial charge in [-0.05, 0) is 57.2 Å². The van der Waals surface area contributed by atoms with Crippen LogP contribution >= 0.6 is 0 Å². The topological polar surface area (TPSA) is 75.7 Å². The van der Waals surface area contributed by atoms with Crippen molar-refractivity contribution in [2.45, 2.75) is 26.9 Å². The van der Waals surface area contributed by atoms with E-state index in [0.717, 1.165) is 16.1 Å². The number of nitrogens with one attached hydrogen (secondary N) is 1. The smallest absolute Gasteiger partial charge is 0.245 e. The molecule has 0 saturated heterocycles. The molecule has 0 unspecified atom stereocenters. The lowest BCUT2D eigenvalue weighted by Crippen LogP contribution is -2.37.